The number of para-hydroxylation sites is 1. The van der Waals surface area contributed by atoms with Gasteiger partial charge in [0.2, 0.25) is 0 Å². The lowest BCUT2D eigenvalue weighted by Gasteiger charge is -1.99. The lowest BCUT2D eigenvalue weighted by Crippen LogP contribution is -1.99. The van der Waals surface area contributed by atoms with Crippen LogP contribution in [0.4, 0.5) is 5.82 Å². The molecule has 1 aromatic carbocycles. The average molecular weight is 221 g/mol. The summed E-state index contributed by atoms with van der Waals surface area (Å²) < 4.78 is 1.39. The Labute approximate surface area is 90.9 Å². The second kappa shape index (κ2) is 3.74. The first-order valence-electron chi connectivity index (χ1n) is 4.16. The fourth-order valence-electron chi connectivity index (χ4n) is 1.28. The van der Waals surface area contributed by atoms with Crippen LogP contribution in [0.1, 0.15) is 0 Å². The molecule has 2 aromatic rings. The molecule has 0 radical (unpaired) electrons. The van der Waals surface area contributed by atoms with E-state index < -0.39 is 4.92 Å². The first-order chi connectivity index (χ1) is 7.20. The summed E-state index contributed by atoms with van der Waals surface area (Å²) in [6, 6.07) is 8.98. The average Bonchev–Trinajstić information content (AvgIpc) is 2.61. The molecule has 1 heterocycles. The predicted octanol–water partition coefficient (Wildman–Crippen LogP) is 2.07. The summed E-state index contributed by atoms with van der Waals surface area (Å²) in [5.41, 5.74) is 0.692. The molecule has 0 atom stereocenters. The molecule has 0 aliphatic heterocycles. The van der Waals surface area contributed by atoms with Crippen molar-refractivity contribution in [1.29, 1.82) is 0 Å². The van der Waals surface area contributed by atoms with Crippen LogP contribution in [0.15, 0.2) is 41.7 Å². The van der Waals surface area contributed by atoms with Crippen molar-refractivity contribution >= 4 is 18.4 Å². The second-order valence-corrected chi connectivity index (χ2v) is 3.28. The summed E-state index contributed by atoms with van der Waals surface area (Å²) in [5, 5.41) is 10.9. The van der Waals surface area contributed by atoms with Gasteiger partial charge in [0.15, 0.2) is 11.4 Å². The Morgan fingerprint density at radius 1 is 1.33 bits per heavy atom. The molecular weight excluding hydrogens is 214 g/mol. The highest BCUT2D eigenvalue weighted by Gasteiger charge is 2.20. The van der Waals surface area contributed by atoms with Crippen molar-refractivity contribution in [3.8, 4) is 5.69 Å². The minimum Gasteiger partial charge on any atom is -0.358 e. The van der Waals surface area contributed by atoms with Crippen molar-refractivity contribution < 1.29 is 4.92 Å². The molecule has 0 N–H and O–H groups in total. The van der Waals surface area contributed by atoms with Crippen LogP contribution >= 0.6 is 12.6 Å². The molecule has 0 aliphatic rings. The second-order valence-electron chi connectivity index (χ2n) is 2.85. The number of aromatic nitrogens is 2. The van der Waals surface area contributed by atoms with E-state index >= 15 is 0 Å². The number of nitrogens with zero attached hydrogens (tertiary/aromatic N) is 3. The van der Waals surface area contributed by atoms with Gasteiger partial charge in [0.1, 0.15) is 5.69 Å². The Morgan fingerprint density at radius 2 is 2.00 bits per heavy atom. The topological polar surface area (TPSA) is 61.0 Å². The van der Waals surface area contributed by atoms with E-state index in [4.69, 9.17) is 0 Å². The van der Waals surface area contributed by atoms with Crippen molar-refractivity contribution in [2.75, 3.05) is 0 Å². The van der Waals surface area contributed by atoms with Crippen LogP contribution in [0.2, 0.25) is 0 Å². The zero-order valence-corrected chi connectivity index (χ0v) is 8.46. The van der Waals surface area contributed by atoms with Crippen LogP contribution < -0.4 is 0 Å². The van der Waals surface area contributed by atoms with Crippen LogP contribution in [-0.4, -0.2) is 14.5 Å². The summed E-state index contributed by atoms with van der Waals surface area (Å²) in [6.45, 7) is 0. The van der Waals surface area contributed by atoms with Crippen molar-refractivity contribution in [3.63, 3.8) is 0 Å². The molecule has 5 nitrogen and oxygen atoms in total. The van der Waals surface area contributed by atoms with Gasteiger partial charge in [0.25, 0.3) is 0 Å². The van der Waals surface area contributed by atoms with Crippen LogP contribution in [0.25, 0.3) is 5.69 Å². The standard InChI is InChI=1S/C9H7N3O2S/c13-12(14)9-8(15)10-6-11(9)7-4-2-1-3-5-7/h1-6,15H. The number of thiol groups is 1. The molecule has 0 saturated heterocycles. The van der Waals surface area contributed by atoms with Gasteiger partial charge in [-0.2, -0.15) is 4.57 Å². The van der Waals surface area contributed by atoms with Crippen molar-refractivity contribution in [1.82, 2.24) is 9.55 Å². The third kappa shape index (κ3) is 1.71. The molecule has 2 rings (SSSR count). The molecule has 0 aliphatic carbocycles. The minimum absolute atomic E-state index is 0.115. The van der Waals surface area contributed by atoms with Crippen molar-refractivity contribution in [2.45, 2.75) is 5.03 Å². The van der Waals surface area contributed by atoms with Crippen LogP contribution in [0, 0.1) is 10.1 Å². The molecule has 0 unspecified atom stereocenters. The van der Waals surface area contributed by atoms with Crippen LogP contribution in [0.5, 0.6) is 0 Å². The molecule has 1 aromatic heterocycles. The van der Waals surface area contributed by atoms with Gasteiger partial charge < -0.3 is 10.1 Å². The molecule has 0 spiro atoms. The van der Waals surface area contributed by atoms with Gasteiger partial charge in [-0.15, -0.1) is 12.6 Å². The largest absolute Gasteiger partial charge is 0.361 e. The molecule has 0 fully saturated rings. The van der Waals surface area contributed by atoms with Gasteiger partial charge in [-0.1, -0.05) is 18.2 Å². The highest BCUT2D eigenvalue weighted by Crippen LogP contribution is 2.24. The van der Waals surface area contributed by atoms with E-state index in [2.05, 4.69) is 17.6 Å². The summed E-state index contributed by atoms with van der Waals surface area (Å²) in [4.78, 5) is 14.1. The highest BCUT2D eigenvalue weighted by molar-refractivity contribution is 7.80. The van der Waals surface area contributed by atoms with Gasteiger partial charge in [0.05, 0.1) is 0 Å². The Balaban J connectivity index is 2.59. The summed E-state index contributed by atoms with van der Waals surface area (Å²) in [6.07, 6.45) is 1.38. The normalized spacial score (nSPS) is 10.2. The number of nitro groups is 1. The van der Waals surface area contributed by atoms with Crippen LogP contribution in [-0.2, 0) is 0 Å². The Hall–Kier alpha value is -1.82. The highest BCUT2D eigenvalue weighted by atomic mass is 32.1. The van der Waals surface area contributed by atoms with Gasteiger partial charge >= 0.3 is 5.82 Å². The number of imidazole rings is 1. The van der Waals surface area contributed by atoms with E-state index in [1.54, 1.807) is 24.3 Å². The van der Waals surface area contributed by atoms with E-state index in [1.807, 2.05) is 6.07 Å². The van der Waals surface area contributed by atoms with Crippen molar-refractivity contribution in [2.24, 2.45) is 0 Å². The number of rotatable bonds is 2. The van der Waals surface area contributed by atoms with Gasteiger partial charge in [0, 0.05) is 0 Å². The molecule has 76 valence electrons. The molecule has 6 heteroatoms. The lowest BCUT2D eigenvalue weighted by molar-refractivity contribution is -0.393. The fraction of sp³-hybridized carbons (Fsp3) is 0. The van der Waals surface area contributed by atoms with E-state index in [1.165, 1.54) is 10.9 Å². The van der Waals surface area contributed by atoms with Gasteiger partial charge in [-0.05, 0) is 17.1 Å². The van der Waals surface area contributed by atoms with Gasteiger partial charge in [-0.25, -0.2) is 4.98 Å². The summed E-state index contributed by atoms with van der Waals surface area (Å²) >= 11 is 3.93. The van der Waals surface area contributed by atoms with Crippen molar-refractivity contribution in [3.05, 3.63) is 46.8 Å². The number of hydrogen-bond acceptors (Lipinski definition) is 4. The maximum Gasteiger partial charge on any atom is 0.361 e. The molecule has 0 saturated carbocycles. The number of benzene rings is 1. The molecule has 15 heavy (non-hydrogen) atoms. The monoisotopic (exact) mass is 221 g/mol. The van der Waals surface area contributed by atoms with Gasteiger partial charge in [-0.3, -0.25) is 0 Å². The molecule has 0 amide bonds. The van der Waals surface area contributed by atoms with E-state index in [0.717, 1.165) is 0 Å². The Kier molecular flexibility index (Phi) is 2.42. The third-order valence-electron chi connectivity index (χ3n) is 1.93. The summed E-state index contributed by atoms with van der Waals surface area (Å²) in [5.74, 6) is -0.121. The molecule has 0 bridgehead atoms. The van der Waals surface area contributed by atoms with E-state index in [9.17, 15) is 10.1 Å². The zero-order chi connectivity index (χ0) is 10.8. The Morgan fingerprint density at radius 3 is 2.60 bits per heavy atom. The van der Waals surface area contributed by atoms with E-state index in [-0.39, 0.29) is 10.8 Å². The third-order valence-corrected chi connectivity index (χ3v) is 2.25. The maximum absolute atomic E-state index is 10.8. The first-order valence-corrected chi connectivity index (χ1v) is 4.61. The lowest BCUT2D eigenvalue weighted by atomic mass is 10.3. The number of hydrogen-bond donors (Lipinski definition) is 1. The smallest absolute Gasteiger partial charge is 0.358 e. The molecular formula is C9H7N3O2S. The quantitative estimate of drug-likeness (QED) is 0.479. The predicted molar refractivity (Wildman–Crippen MR) is 57.5 cm³/mol. The minimum atomic E-state index is -0.498. The Bertz CT molecular complexity index is 495. The maximum atomic E-state index is 10.8. The first kappa shape index (κ1) is 9.72. The van der Waals surface area contributed by atoms with E-state index in [0.29, 0.717) is 5.69 Å². The summed E-state index contributed by atoms with van der Waals surface area (Å²) in [7, 11) is 0. The SMILES string of the molecule is O=[N+]([O-])c1c(S)ncn1-c1ccccc1. The zero-order valence-electron chi connectivity index (χ0n) is 7.57. The fourth-order valence-corrected chi connectivity index (χ4v) is 1.52. The van der Waals surface area contributed by atoms with Crippen LogP contribution in [0.3, 0.4) is 0 Å².